The van der Waals surface area contributed by atoms with Crippen molar-refractivity contribution in [3.8, 4) is 22.8 Å². The standard InChI is InChI=1S/C24H30N2O4/c1-6-17-18-11-16(23(28)25-13-24(2,3)14-27)7-9-19(18)26-22(17)15-8-10-20(29-4)21(12-15)30-5/h7-12,26-27H,6,13-14H2,1-5H3,(H,25,28). The molecule has 3 aromatic rings. The number of benzene rings is 2. The van der Waals surface area contributed by atoms with Crippen molar-refractivity contribution in [1.29, 1.82) is 0 Å². The number of ether oxygens (including phenoxy) is 2. The Morgan fingerprint density at radius 3 is 2.47 bits per heavy atom. The lowest BCUT2D eigenvalue weighted by Gasteiger charge is -2.21. The van der Waals surface area contributed by atoms with Crippen LogP contribution in [-0.2, 0) is 6.42 Å². The quantitative estimate of drug-likeness (QED) is 0.521. The number of aliphatic hydroxyl groups is 1. The number of aliphatic hydroxyl groups excluding tert-OH is 1. The first-order valence-corrected chi connectivity index (χ1v) is 10.1. The molecule has 30 heavy (non-hydrogen) atoms. The van der Waals surface area contributed by atoms with E-state index in [1.54, 1.807) is 14.2 Å². The molecule has 0 unspecified atom stereocenters. The van der Waals surface area contributed by atoms with Crippen molar-refractivity contribution in [3.05, 3.63) is 47.5 Å². The van der Waals surface area contributed by atoms with Crippen LogP contribution in [0.1, 0.15) is 36.7 Å². The lowest BCUT2D eigenvalue weighted by atomic mass is 9.95. The average Bonchev–Trinajstić information content (AvgIpc) is 3.14. The summed E-state index contributed by atoms with van der Waals surface area (Å²) in [6.07, 6.45) is 0.812. The average molecular weight is 411 g/mol. The number of H-pyrrole nitrogens is 1. The van der Waals surface area contributed by atoms with Crippen molar-refractivity contribution in [2.24, 2.45) is 5.41 Å². The molecule has 6 heteroatoms. The fraction of sp³-hybridized carbons (Fsp3) is 0.375. The molecule has 0 saturated carbocycles. The van der Waals surface area contributed by atoms with Crippen LogP contribution in [0.3, 0.4) is 0 Å². The van der Waals surface area contributed by atoms with E-state index < -0.39 is 0 Å². The molecule has 0 saturated heterocycles. The summed E-state index contributed by atoms with van der Waals surface area (Å²) >= 11 is 0. The minimum absolute atomic E-state index is 0.0127. The van der Waals surface area contributed by atoms with E-state index in [2.05, 4.69) is 17.2 Å². The zero-order valence-corrected chi connectivity index (χ0v) is 18.3. The largest absolute Gasteiger partial charge is 0.493 e. The van der Waals surface area contributed by atoms with E-state index in [1.807, 2.05) is 50.2 Å². The Bertz CT molecular complexity index is 1050. The number of carbonyl (C=O) groups is 1. The van der Waals surface area contributed by atoms with E-state index in [0.717, 1.165) is 34.1 Å². The van der Waals surface area contributed by atoms with Gasteiger partial charge in [-0.05, 0) is 48.4 Å². The highest BCUT2D eigenvalue weighted by molar-refractivity contribution is 6.00. The number of aryl methyl sites for hydroxylation is 1. The number of amides is 1. The van der Waals surface area contributed by atoms with Gasteiger partial charge in [-0.1, -0.05) is 20.8 Å². The Balaban J connectivity index is 1.99. The number of rotatable bonds is 8. The van der Waals surface area contributed by atoms with E-state index >= 15 is 0 Å². The maximum absolute atomic E-state index is 12.6. The van der Waals surface area contributed by atoms with Gasteiger partial charge in [0.2, 0.25) is 0 Å². The van der Waals surface area contributed by atoms with Crippen molar-refractivity contribution in [2.75, 3.05) is 27.4 Å². The van der Waals surface area contributed by atoms with Crippen LogP contribution in [0.4, 0.5) is 0 Å². The fourth-order valence-electron chi connectivity index (χ4n) is 3.47. The number of aromatic amines is 1. The van der Waals surface area contributed by atoms with Crippen molar-refractivity contribution in [3.63, 3.8) is 0 Å². The molecule has 0 aliphatic rings. The Kier molecular flexibility index (Phi) is 6.37. The van der Waals surface area contributed by atoms with Crippen LogP contribution < -0.4 is 14.8 Å². The summed E-state index contributed by atoms with van der Waals surface area (Å²) in [5.74, 6) is 1.21. The van der Waals surface area contributed by atoms with Crippen molar-refractivity contribution in [2.45, 2.75) is 27.2 Å². The highest BCUT2D eigenvalue weighted by Gasteiger charge is 2.19. The minimum atomic E-state index is -0.358. The second kappa shape index (κ2) is 8.79. The Hall–Kier alpha value is -2.99. The zero-order valence-electron chi connectivity index (χ0n) is 18.3. The highest BCUT2D eigenvalue weighted by Crippen LogP contribution is 2.36. The number of methoxy groups -OCH3 is 2. The SMILES string of the molecule is CCc1c(-c2ccc(OC)c(OC)c2)[nH]c2ccc(C(=O)NCC(C)(C)CO)cc12. The summed E-state index contributed by atoms with van der Waals surface area (Å²) in [6.45, 7) is 6.34. The third-order valence-corrected chi connectivity index (χ3v) is 5.35. The molecule has 0 bridgehead atoms. The van der Waals surface area contributed by atoms with Crippen LogP contribution in [0.5, 0.6) is 11.5 Å². The summed E-state index contributed by atoms with van der Waals surface area (Å²) in [4.78, 5) is 16.1. The van der Waals surface area contributed by atoms with E-state index in [1.165, 1.54) is 0 Å². The van der Waals surface area contributed by atoms with Gasteiger partial charge in [0.25, 0.3) is 5.91 Å². The summed E-state index contributed by atoms with van der Waals surface area (Å²) in [5, 5.41) is 13.3. The molecule has 0 radical (unpaired) electrons. The highest BCUT2D eigenvalue weighted by atomic mass is 16.5. The van der Waals surface area contributed by atoms with Gasteiger partial charge in [0.15, 0.2) is 11.5 Å². The number of carbonyl (C=O) groups excluding carboxylic acids is 1. The molecule has 3 rings (SSSR count). The molecule has 2 aromatic carbocycles. The minimum Gasteiger partial charge on any atom is -0.493 e. The summed E-state index contributed by atoms with van der Waals surface area (Å²) in [5.41, 5.74) is 4.36. The van der Waals surface area contributed by atoms with Gasteiger partial charge in [0, 0.05) is 46.3 Å². The smallest absolute Gasteiger partial charge is 0.251 e. The van der Waals surface area contributed by atoms with Crippen molar-refractivity contribution in [1.82, 2.24) is 10.3 Å². The molecular formula is C24H30N2O4. The molecule has 3 N–H and O–H groups in total. The van der Waals surface area contributed by atoms with Crippen LogP contribution in [0.25, 0.3) is 22.2 Å². The van der Waals surface area contributed by atoms with Gasteiger partial charge < -0.3 is 24.9 Å². The second-order valence-corrected chi connectivity index (χ2v) is 8.17. The molecule has 0 fully saturated rings. The fourth-order valence-corrected chi connectivity index (χ4v) is 3.47. The van der Waals surface area contributed by atoms with E-state index in [0.29, 0.717) is 23.6 Å². The van der Waals surface area contributed by atoms with Crippen LogP contribution >= 0.6 is 0 Å². The number of fused-ring (bicyclic) bond motifs is 1. The van der Waals surface area contributed by atoms with Crippen LogP contribution in [0, 0.1) is 5.41 Å². The lowest BCUT2D eigenvalue weighted by molar-refractivity contribution is 0.0911. The molecular weight excluding hydrogens is 380 g/mol. The van der Waals surface area contributed by atoms with Gasteiger partial charge in [0.1, 0.15) is 0 Å². The summed E-state index contributed by atoms with van der Waals surface area (Å²) in [6, 6.07) is 11.5. The maximum atomic E-state index is 12.6. The van der Waals surface area contributed by atoms with Crippen LogP contribution in [-0.4, -0.2) is 43.4 Å². The third-order valence-electron chi connectivity index (χ3n) is 5.35. The molecule has 1 amide bonds. The molecule has 0 aliphatic heterocycles. The van der Waals surface area contributed by atoms with Gasteiger partial charge in [-0.2, -0.15) is 0 Å². The lowest BCUT2D eigenvalue weighted by Crippen LogP contribution is -2.36. The number of aromatic nitrogens is 1. The first-order valence-electron chi connectivity index (χ1n) is 10.1. The molecule has 0 aliphatic carbocycles. The first kappa shape index (κ1) is 21.7. The Morgan fingerprint density at radius 1 is 1.10 bits per heavy atom. The topological polar surface area (TPSA) is 83.6 Å². The first-order chi connectivity index (χ1) is 14.3. The third kappa shape index (κ3) is 4.28. The molecule has 6 nitrogen and oxygen atoms in total. The van der Waals surface area contributed by atoms with Gasteiger partial charge in [-0.3, -0.25) is 4.79 Å². The van der Waals surface area contributed by atoms with Crippen LogP contribution in [0.2, 0.25) is 0 Å². The van der Waals surface area contributed by atoms with Crippen molar-refractivity contribution >= 4 is 16.8 Å². The summed E-state index contributed by atoms with van der Waals surface area (Å²) in [7, 11) is 3.24. The molecule has 0 spiro atoms. The molecule has 160 valence electrons. The van der Waals surface area contributed by atoms with E-state index in [9.17, 15) is 9.90 Å². The van der Waals surface area contributed by atoms with E-state index in [-0.39, 0.29) is 17.9 Å². The van der Waals surface area contributed by atoms with Crippen LogP contribution in [0.15, 0.2) is 36.4 Å². The predicted molar refractivity (Wildman–Crippen MR) is 119 cm³/mol. The second-order valence-electron chi connectivity index (χ2n) is 8.17. The predicted octanol–water partition coefficient (Wildman–Crippen LogP) is 4.16. The zero-order chi connectivity index (χ0) is 21.9. The Labute approximate surface area is 177 Å². The van der Waals surface area contributed by atoms with Crippen molar-refractivity contribution < 1.29 is 19.4 Å². The Morgan fingerprint density at radius 2 is 1.83 bits per heavy atom. The summed E-state index contributed by atoms with van der Waals surface area (Å²) < 4.78 is 10.8. The van der Waals surface area contributed by atoms with Gasteiger partial charge in [0.05, 0.1) is 14.2 Å². The molecule has 1 aromatic heterocycles. The number of hydrogen-bond donors (Lipinski definition) is 3. The van der Waals surface area contributed by atoms with E-state index in [4.69, 9.17) is 9.47 Å². The maximum Gasteiger partial charge on any atom is 0.251 e. The van der Waals surface area contributed by atoms with Gasteiger partial charge in [-0.25, -0.2) is 0 Å². The number of hydrogen-bond acceptors (Lipinski definition) is 4. The molecule has 0 atom stereocenters. The number of nitrogens with one attached hydrogen (secondary N) is 2. The molecule has 1 heterocycles. The monoisotopic (exact) mass is 410 g/mol. The van der Waals surface area contributed by atoms with Gasteiger partial charge >= 0.3 is 0 Å². The normalized spacial score (nSPS) is 11.5. The van der Waals surface area contributed by atoms with Gasteiger partial charge in [-0.15, -0.1) is 0 Å².